The van der Waals surface area contributed by atoms with Gasteiger partial charge in [-0.2, -0.15) is 0 Å². The summed E-state index contributed by atoms with van der Waals surface area (Å²) in [4.78, 5) is 0. The van der Waals surface area contributed by atoms with Gasteiger partial charge in [0.25, 0.3) is 0 Å². The van der Waals surface area contributed by atoms with Crippen LogP contribution in [0, 0.1) is 0 Å². The highest BCUT2D eigenvalue weighted by molar-refractivity contribution is 7.87. The van der Waals surface area contributed by atoms with Crippen LogP contribution in [0.5, 0.6) is 11.5 Å². The number of methoxy groups -OCH3 is 2. The first kappa shape index (κ1) is 15.3. The Kier molecular flexibility index (Phi) is 5.58. The van der Waals surface area contributed by atoms with E-state index in [1.165, 1.54) is 0 Å². The van der Waals surface area contributed by atoms with Gasteiger partial charge in [-0.15, -0.1) is 0 Å². The second kappa shape index (κ2) is 7.64. The summed E-state index contributed by atoms with van der Waals surface area (Å²) in [5.41, 5.74) is 2.02. The minimum Gasteiger partial charge on any atom is -0.497 e. The fourth-order valence-corrected chi connectivity index (χ4v) is 2.73. The molecule has 0 aliphatic rings. The summed E-state index contributed by atoms with van der Waals surface area (Å²) < 4.78 is 22.2. The minimum absolute atomic E-state index is 0.497. The lowest BCUT2D eigenvalue weighted by atomic mass is 10.2. The van der Waals surface area contributed by atoms with E-state index in [4.69, 9.17) is 9.47 Å². The van der Waals surface area contributed by atoms with Crippen LogP contribution in [0.15, 0.2) is 53.9 Å². The molecule has 0 aliphatic heterocycles. The molecule has 21 heavy (non-hydrogen) atoms. The molecule has 0 fully saturated rings. The molecule has 0 aliphatic carbocycles. The van der Waals surface area contributed by atoms with Gasteiger partial charge in [-0.3, -0.25) is 4.21 Å². The maximum absolute atomic E-state index is 12.0. The molecule has 1 unspecified atom stereocenters. The normalized spacial score (nSPS) is 12.3. The Bertz CT molecular complexity index is 615. The quantitative estimate of drug-likeness (QED) is 0.817. The van der Waals surface area contributed by atoms with Crippen molar-refractivity contribution >= 4 is 16.9 Å². The van der Waals surface area contributed by atoms with Crippen molar-refractivity contribution in [1.82, 2.24) is 0 Å². The third-order valence-corrected chi connectivity index (χ3v) is 4.05. The van der Waals surface area contributed by atoms with E-state index < -0.39 is 10.8 Å². The van der Waals surface area contributed by atoms with Gasteiger partial charge in [-0.05, 0) is 41.5 Å². The maximum atomic E-state index is 12.0. The lowest BCUT2D eigenvalue weighted by molar-refractivity contribution is 0.414. The Morgan fingerprint density at radius 3 is 1.95 bits per heavy atom. The van der Waals surface area contributed by atoms with Crippen molar-refractivity contribution in [2.45, 2.75) is 5.75 Å². The number of rotatable bonds is 6. The molecule has 4 heteroatoms. The van der Waals surface area contributed by atoms with E-state index >= 15 is 0 Å². The molecule has 0 heterocycles. The van der Waals surface area contributed by atoms with Crippen molar-refractivity contribution in [3.8, 4) is 11.5 Å². The van der Waals surface area contributed by atoms with Crippen molar-refractivity contribution in [1.29, 1.82) is 0 Å². The zero-order valence-electron chi connectivity index (χ0n) is 12.1. The monoisotopic (exact) mass is 302 g/mol. The van der Waals surface area contributed by atoms with Crippen molar-refractivity contribution in [2.75, 3.05) is 14.2 Å². The van der Waals surface area contributed by atoms with E-state index in [0.717, 1.165) is 22.6 Å². The molecule has 0 saturated heterocycles. The third kappa shape index (κ3) is 4.76. The average Bonchev–Trinajstić information content (AvgIpc) is 2.54. The largest absolute Gasteiger partial charge is 0.497 e. The predicted molar refractivity (Wildman–Crippen MR) is 86.9 cm³/mol. The Labute approximate surface area is 127 Å². The summed E-state index contributed by atoms with van der Waals surface area (Å²) in [7, 11) is 2.22. The Balaban J connectivity index is 1.94. The molecule has 3 nitrogen and oxygen atoms in total. The molecule has 2 aromatic rings. The maximum Gasteiger partial charge on any atom is 0.118 e. The molecule has 0 aromatic heterocycles. The van der Waals surface area contributed by atoms with Crippen LogP contribution in [0.25, 0.3) is 6.08 Å². The van der Waals surface area contributed by atoms with E-state index in [9.17, 15) is 4.21 Å². The average molecular weight is 302 g/mol. The van der Waals surface area contributed by atoms with Crippen molar-refractivity contribution in [3.63, 3.8) is 0 Å². The molecule has 0 saturated carbocycles. The summed E-state index contributed by atoms with van der Waals surface area (Å²) in [6, 6.07) is 15.2. The number of hydrogen-bond donors (Lipinski definition) is 0. The van der Waals surface area contributed by atoms with Crippen LogP contribution >= 0.6 is 0 Å². The molecule has 1 atom stereocenters. The third-order valence-electron chi connectivity index (χ3n) is 3.00. The molecule has 0 spiro atoms. The van der Waals surface area contributed by atoms with Gasteiger partial charge in [-0.25, -0.2) is 0 Å². The first-order valence-electron chi connectivity index (χ1n) is 6.53. The van der Waals surface area contributed by atoms with E-state index in [1.54, 1.807) is 19.6 Å². The fraction of sp³-hybridized carbons (Fsp3) is 0.176. The summed E-state index contributed by atoms with van der Waals surface area (Å²) >= 11 is 0. The Morgan fingerprint density at radius 1 is 0.905 bits per heavy atom. The number of benzene rings is 2. The van der Waals surface area contributed by atoms with Gasteiger partial charge >= 0.3 is 0 Å². The highest BCUT2D eigenvalue weighted by atomic mass is 32.2. The van der Waals surface area contributed by atoms with Crippen LogP contribution in [-0.4, -0.2) is 18.4 Å². The standard InChI is InChI=1S/C17H18O3S/c1-19-16-7-3-14(4-8-16)11-12-21(18)13-15-5-9-17(20-2)10-6-15/h3-12H,13H2,1-2H3. The van der Waals surface area contributed by atoms with Gasteiger partial charge in [0.2, 0.25) is 0 Å². The fourth-order valence-electron chi connectivity index (χ4n) is 1.80. The van der Waals surface area contributed by atoms with Gasteiger partial charge in [0.15, 0.2) is 0 Å². The second-order valence-corrected chi connectivity index (χ2v) is 5.77. The highest BCUT2D eigenvalue weighted by Crippen LogP contribution is 2.15. The van der Waals surface area contributed by atoms with E-state index in [1.807, 2.05) is 54.6 Å². The van der Waals surface area contributed by atoms with E-state index in [2.05, 4.69) is 0 Å². The minimum atomic E-state index is -1.04. The van der Waals surface area contributed by atoms with Gasteiger partial charge in [0.05, 0.1) is 30.8 Å². The first-order chi connectivity index (χ1) is 10.2. The second-order valence-electron chi connectivity index (χ2n) is 4.45. The lowest BCUT2D eigenvalue weighted by Crippen LogP contribution is -1.92. The van der Waals surface area contributed by atoms with Gasteiger partial charge in [0.1, 0.15) is 11.5 Å². The highest BCUT2D eigenvalue weighted by Gasteiger charge is 1.99. The van der Waals surface area contributed by atoms with Crippen LogP contribution in [0.2, 0.25) is 0 Å². The topological polar surface area (TPSA) is 35.5 Å². The molecule has 110 valence electrons. The number of ether oxygens (including phenoxy) is 2. The van der Waals surface area contributed by atoms with Gasteiger partial charge < -0.3 is 9.47 Å². The van der Waals surface area contributed by atoms with Crippen LogP contribution in [0.4, 0.5) is 0 Å². The summed E-state index contributed by atoms with van der Waals surface area (Å²) in [6.45, 7) is 0. The van der Waals surface area contributed by atoms with Crippen LogP contribution in [0.3, 0.4) is 0 Å². The van der Waals surface area contributed by atoms with Crippen molar-refractivity contribution in [2.24, 2.45) is 0 Å². The Hall–Kier alpha value is -2.07. The van der Waals surface area contributed by atoms with Gasteiger partial charge in [0, 0.05) is 5.41 Å². The molecule has 0 N–H and O–H groups in total. The first-order valence-corrected chi connectivity index (χ1v) is 7.92. The van der Waals surface area contributed by atoms with E-state index in [-0.39, 0.29) is 0 Å². The van der Waals surface area contributed by atoms with Crippen molar-refractivity contribution < 1.29 is 13.7 Å². The molecule has 2 aromatic carbocycles. The smallest absolute Gasteiger partial charge is 0.118 e. The zero-order valence-corrected chi connectivity index (χ0v) is 12.9. The molecular formula is C17H18O3S. The summed E-state index contributed by atoms with van der Waals surface area (Å²) in [5.74, 6) is 2.11. The molecule has 0 amide bonds. The van der Waals surface area contributed by atoms with Crippen molar-refractivity contribution in [3.05, 3.63) is 65.1 Å². The Morgan fingerprint density at radius 2 is 1.43 bits per heavy atom. The molecular weight excluding hydrogens is 284 g/mol. The molecule has 0 radical (unpaired) electrons. The lowest BCUT2D eigenvalue weighted by Gasteiger charge is -2.02. The van der Waals surface area contributed by atoms with Crippen LogP contribution in [-0.2, 0) is 16.6 Å². The molecule has 2 rings (SSSR count). The molecule has 0 bridgehead atoms. The predicted octanol–water partition coefficient (Wildman–Crippen LogP) is 3.62. The van der Waals surface area contributed by atoms with Crippen LogP contribution in [0.1, 0.15) is 11.1 Å². The summed E-state index contributed by atoms with van der Waals surface area (Å²) in [6.07, 6.45) is 1.86. The number of hydrogen-bond acceptors (Lipinski definition) is 3. The SMILES string of the molecule is COc1ccc(C=CS(=O)Cc2ccc(OC)cc2)cc1. The zero-order chi connectivity index (χ0) is 15.1. The summed E-state index contributed by atoms with van der Waals surface area (Å²) in [5, 5.41) is 1.71. The van der Waals surface area contributed by atoms with E-state index in [0.29, 0.717) is 5.75 Å². The van der Waals surface area contributed by atoms with Crippen LogP contribution < -0.4 is 9.47 Å². The van der Waals surface area contributed by atoms with Gasteiger partial charge in [-0.1, -0.05) is 24.3 Å².